The van der Waals surface area contributed by atoms with E-state index in [2.05, 4.69) is 5.32 Å². The van der Waals surface area contributed by atoms with Crippen molar-refractivity contribution >= 4 is 34.4 Å². The molecule has 1 unspecified atom stereocenters. The number of benzene rings is 1. The Morgan fingerprint density at radius 2 is 2.18 bits per heavy atom. The van der Waals surface area contributed by atoms with E-state index in [1.54, 1.807) is 18.2 Å². The van der Waals surface area contributed by atoms with E-state index in [1.807, 2.05) is 22.6 Å². The first-order valence-corrected chi connectivity index (χ1v) is 6.02. The van der Waals surface area contributed by atoms with Crippen LogP contribution in [-0.4, -0.2) is 23.0 Å². The average Bonchev–Trinajstić information content (AvgIpc) is 2.22. The molecule has 0 fully saturated rings. The Morgan fingerprint density at radius 3 is 2.71 bits per heavy atom. The number of hydrogen-bond acceptors (Lipinski definition) is 4. The van der Waals surface area contributed by atoms with E-state index in [9.17, 15) is 14.7 Å². The molecule has 6 heteroatoms. The van der Waals surface area contributed by atoms with Gasteiger partial charge in [0.25, 0.3) is 0 Å². The van der Waals surface area contributed by atoms with Gasteiger partial charge in [0.2, 0.25) is 11.8 Å². The fourth-order valence-electron chi connectivity index (χ4n) is 1.29. The summed E-state index contributed by atoms with van der Waals surface area (Å²) in [7, 11) is 0. The van der Waals surface area contributed by atoms with Crippen LogP contribution in [-0.2, 0) is 16.0 Å². The molecule has 0 saturated heterocycles. The summed E-state index contributed by atoms with van der Waals surface area (Å²) in [4.78, 5) is 22.1. The van der Waals surface area contributed by atoms with Crippen molar-refractivity contribution in [1.29, 1.82) is 0 Å². The van der Waals surface area contributed by atoms with Crippen LogP contribution < -0.4 is 11.1 Å². The van der Waals surface area contributed by atoms with Crippen LogP contribution in [0, 0.1) is 3.57 Å². The number of imide groups is 1. The minimum atomic E-state index is -0.778. The molecular formula is C11H13IN2O3. The van der Waals surface area contributed by atoms with E-state index in [0.717, 1.165) is 5.56 Å². The second-order valence-corrected chi connectivity index (χ2v) is 4.80. The number of phenols is 1. The zero-order chi connectivity index (χ0) is 13.0. The Morgan fingerprint density at radius 1 is 1.53 bits per heavy atom. The first kappa shape index (κ1) is 13.9. The minimum Gasteiger partial charge on any atom is -0.507 e. The number of aromatic hydroxyl groups is 1. The molecule has 2 amide bonds. The Bertz CT molecular complexity index is 448. The number of rotatable bonds is 3. The summed E-state index contributed by atoms with van der Waals surface area (Å²) in [6.07, 6.45) is 0.315. The zero-order valence-electron chi connectivity index (χ0n) is 9.24. The van der Waals surface area contributed by atoms with Crippen molar-refractivity contribution in [2.75, 3.05) is 0 Å². The van der Waals surface area contributed by atoms with E-state index in [1.165, 1.54) is 6.92 Å². The highest BCUT2D eigenvalue weighted by atomic mass is 127. The van der Waals surface area contributed by atoms with Crippen LogP contribution in [0.1, 0.15) is 12.5 Å². The van der Waals surface area contributed by atoms with E-state index in [0.29, 0.717) is 9.99 Å². The maximum Gasteiger partial charge on any atom is 0.243 e. The molecule has 4 N–H and O–H groups in total. The lowest BCUT2D eigenvalue weighted by Gasteiger charge is -2.11. The molecule has 5 nitrogen and oxygen atoms in total. The number of nitrogens with two attached hydrogens (primary N) is 1. The zero-order valence-corrected chi connectivity index (χ0v) is 11.4. The number of amides is 2. The van der Waals surface area contributed by atoms with Gasteiger partial charge in [0, 0.05) is 6.92 Å². The van der Waals surface area contributed by atoms with Gasteiger partial charge in [-0.3, -0.25) is 14.9 Å². The SMILES string of the molecule is CC(=O)NC(=O)C(N)Cc1ccc(O)c(I)c1. The summed E-state index contributed by atoms with van der Waals surface area (Å²) in [6.45, 7) is 1.26. The molecule has 0 heterocycles. The quantitative estimate of drug-likeness (QED) is 0.695. The second kappa shape index (κ2) is 5.97. The van der Waals surface area contributed by atoms with Crippen molar-refractivity contribution in [3.05, 3.63) is 27.3 Å². The molecule has 1 aromatic carbocycles. The molecule has 0 radical (unpaired) electrons. The topological polar surface area (TPSA) is 92.4 Å². The molecule has 1 aromatic rings. The van der Waals surface area contributed by atoms with Gasteiger partial charge in [0.15, 0.2) is 0 Å². The van der Waals surface area contributed by atoms with Gasteiger partial charge in [-0.2, -0.15) is 0 Å². The number of nitrogens with one attached hydrogen (secondary N) is 1. The number of phenolic OH excluding ortho intramolecular Hbond substituents is 1. The first-order valence-electron chi connectivity index (χ1n) is 4.94. The number of halogens is 1. The van der Waals surface area contributed by atoms with Gasteiger partial charge < -0.3 is 10.8 Å². The van der Waals surface area contributed by atoms with E-state index in [4.69, 9.17) is 5.73 Å². The van der Waals surface area contributed by atoms with Gasteiger partial charge in [0.1, 0.15) is 5.75 Å². The van der Waals surface area contributed by atoms with Gasteiger partial charge >= 0.3 is 0 Å². The number of carbonyl (C=O) groups is 2. The first-order chi connectivity index (χ1) is 7.90. The van der Waals surface area contributed by atoms with Crippen LogP contribution in [0.15, 0.2) is 18.2 Å². The second-order valence-electron chi connectivity index (χ2n) is 3.64. The maximum absolute atomic E-state index is 11.4. The fourth-order valence-corrected chi connectivity index (χ4v) is 1.87. The Balaban J connectivity index is 2.67. The minimum absolute atomic E-state index is 0.191. The predicted octanol–water partition coefficient (Wildman–Crippen LogP) is 0.529. The van der Waals surface area contributed by atoms with Gasteiger partial charge in [-0.05, 0) is 46.7 Å². The van der Waals surface area contributed by atoms with Gasteiger partial charge in [-0.25, -0.2) is 0 Å². The van der Waals surface area contributed by atoms with Crippen molar-refractivity contribution in [1.82, 2.24) is 5.32 Å². The monoisotopic (exact) mass is 348 g/mol. The largest absolute Gasteiger partial charge is 0.507 e. The summed E-state index contributed by atoms with van der Waals surface area (Å²) >= 11 is 1.99. The highest BCUT2D eigenvalue weighted by Crippen LogP contribution is 2.20. The lowest BCUT2D eigenvalue weighted by molar-refractivity contribution is -0.130. The Kier molecular flexibility index (Phi) is 4.88. The summed E-state index contributed by atoms with van der Waals surface area (Å²) in [5.74, 6) is -0.734. The summed E-state index contributed by atoms with van der Waals surface area (Å²) < 4.78 is 0.694. The number of hydrogen-bond donors (Lipinski definition) is 3. The number of carbonyl (C=O) groups excluding carboxylic acids is 2. The lowest BCUT2D eigenvalue weighted by Crippen LogP contribution is -2.43. The molecule has 0 bridgehead atoms. The van der Waals surface area contributed by atoms with Crippen LogP contribution in [0.3, 0.4) is 0 Å². The standard InChI is InChI=1S/C11H13IN2O3/c1-6(15)14-11(17)9(13)5-7-2-3-10(16)8(12)4-7/h2-4,9,16H,5,13H2,1H3,(H,14,15,17). The maximum atomic E-state index is 11.4. The molecule has 0 aliphatic rings. The van der Waals surface area contributed by atoms with E-state index >= 15 is 0 Å². The molecule has 1 rings (SSSR count). The molecule has 0 aromatic heterocycles. The fraction of sp³-hybridized carbons (Fsp3) is 0.273. The van der Waals surface area contributed by atoms with Crippen molar-refractivity contribution in [3.8, 4) is 5.75 Å². The van der Waals surface area contributed by atoms with Crippen molar-refractivity contribution in [2.24, 2.45) is 5.73 Å². The van der Waals surface area contributed by atoms with E-state index < -0.39 is 17.9 Å². The normalized spacial score (nSPS) is 11.9. The van der Waals surface area contributed by atoms with Crippen LogP contribution in [0.2, 0.25) is 0 Å². The highest BCUT2D eigenvalue weighted by molar-refractivity contribution is 14.1. The summed E-state index contributed by atoms with van der Waals surface area (Å²) in [5, 5.41) is 11.5. The summed E-state index contributed by atoms with van der Waals surface area (Å²) in [5.41, 5.74) is 6.49. The van der Waals surface area contributed by atoms with E-state index in [-0.39, 0.29) is 5.75 Å². The summed E-state index contributed by atoms with van der Waals surface area (Å²) in [6, 6.07) is 4.21. The smallest absolute Gasteiger partial charge is 0.243 e. The third kappa shape index (κ3) is 4.31. The van der Waals surface area contributed by atoms with Crippen molar-refractivity contribution in [3.63, 3.8) is 0 Å². The molecular weight excluding hydrogens is 335 g/mol. The van der Waals surface area contributed by atoms with Crippen molar-refractivity contribution in [2.45, 2.75) is 19.4 Å². The van der Waals surface area contributed by atoms with Gasteiger partial charge in [0.05, 0.1) is 9.61 Å². The Labute approximate surface area is 113 Å². The van der Waals surface area contributed by atoms with Crippen molar-refractivity contribution < 1.29 is 14.7 Å². The van der Waals surface area contributed by atoms with Gasteiger partial charge in [-0.15, -0.1) is 0 Å². The molecule has 1 atom stereocenters. The third-order valence-electron chi connectivity index (χ3n) is 2.10. The molecule has 0 aliphatic heterocycles. The molecule has 92 valence electrons. The molecule has 17 heavy (non-hydrogen) atoms. The molecule has 0 aliphatic carbocycles. The predicted molar refractivity (Wildman–Crippen MR) is 71.3 cm³/mol. The average molecular weight is 348 g/mol. The third-order valence-corrected chi connectivity index (χ3v) is 2.97. The van der Waals surface area contributed by atoms with Crippen LogP contribution in [0.25, 0.3) is 0 Å². The lowest BCUT2D eigenvalue weighted by atomic mass is 10.1. The van der Waals surface area contributed by atoms with Crippen LogP contribution in [0.4, 0.5) is 0 Å². The van der Waals surface area contributed by atoms with Crippen LogP contribution in [0.5, 0.6) is 5.75 Å². The highest BCUT2D eigenvalue weighted by Gasteiger charge is 2.15. The van der Waals surface area contributed by atoms with Gasteiger partial charge in [-0.1, -0.05) is 6.07 Å². The Hall–Kier alpha value is -1.15. The molecule has 0 spiro atoms. The molecule has 0 saturated carbocycles. The van der Waals surface area contributed by atoms with Crippen LogP contribution >= 0.6 is 22.6 Å².